The Morgan fingerprint density at radius 3 is 2.43 bits per heavy atom. The van der Waals surface area contributed by atoms with Crippen LogP contribution >= 0.6 is 27.5 Å². The van der Waals surface area contributed by atoms with Crippen molar-refractivity contribution in [3.63, 3.8) is 0 Å². The number of alkyl halides is 3. The molecule has 2 N–H and O–H groups in total. The van der Waals surface area contributed by atoms with Gasteiger partial charge in [0.25, 0.3) is 0 Å². The number of ether oxygens (including phenoxy) is 1. The lowest BCUT2D eigenvalue weighted by atomic mass is 10.3. The van der Waals surface area contributed by atoms with E-state index in [-0.39, 0.29) is 15.2 Å². The first-order valence-corrected chi connectivity index (χ1v) is 4.47. The van der Waals surface area contributed by atoms with Gasteiger partial charge in [-0.05, 0) is 28.1 Å². The molecule has 0 amide bonds. The Balaban J connectivity index is 3.13. The summed E-state index contributed by atoms with van der Waals surface area (Å²) in [6.07, 6.45) is -4.79. The quantitative estimate of drug-likeness (QED) is 0.802. The molecule has 0 aliphatic rings. The molecule has 0 saturated heterocycles. The van der Waals surface area contributed by atoms with Crippen LogP contribution in [0.3, 0.4) is 0 Å². The minimum absolute atomic E-state index is 0.0171. The number of hydrogen-bond donors (Lipinski definition) is 1. The predicted molar refractivity (Wildman–Crippen MR) is 50.2 cm³/mol. The second-order valence-corrected chi connectivity index (χ2v) is 3.53. The molecule has 0 fully saturated rings. The van der Waals surface area contributed by atoms with Gasteiger partial charge >= 0.3 is 6.36 Å². The van der Waals surface area contributed by atoms with Crippen molar-refractivity contribution in [2.24, 2.45) is 0 Å². The fourth-order valence-electron chi connectivity index (χ4n) is 0.766. The molecule has 0 spiro atoms. The van der Waals surface area contributed by atoms with Gasteiger partial charge in [-0.3, -0.25) is 0 Å². The van der Waals surface area contributed by atoms with E-state index in [0.717, 1.165) is 0 Å². The molecule has 14 heavy (non-hydrogen) atoms. The molecule has 0 bridgehead atoms. The maximum absolute atomic E-state index is 11.9. The van der Waals surface area contributed by atoms with Crippen LogP contribution in [0.25, 0.3) is 0 Å². The summed E-state index contributed by atoms with van der Waals surface area (Å²) in [6, 6.07) is 2.60. The van der Waals surface area contributed by atoms with Crippen molar-refractivity contribution in [1.82, 2.24) is 0 Å². The fraction of sp³-hybridized carbons (Fsp3) is 0.143. The number of rotatable bonds is 1. The van der Waals surface area contributed by atoms with Crippen LogP contribution in [-0.4, -0.2) is 6.36 Å². The molecule has 2 nitrogen and oxygen atoms in total. The van der Waals surface area contributed by atoms with Crippen LogP contribution in [0.2, 0.25) is 5.02 Å². The van der Waals surface area contributed by atoms with Crippen LogP contribution in [0, 0.1) is 0 Å². The van der Waals surface area contributed by atoms with Crippen LogP contribution in [0.5, 0.6) is 5.75 Å². The Labute approximate surface area is 90.9 Å². The van der Waals surface area contributed by atoms with Crippen LogP contribution in [0.15, 0.2) is 16.6 Å². The van der Waals surface area contributed by atoms with Gasteiger partial charge in [0.05, 0.1) is 15.2 Å². The first-order chi connectivity index (χ1) is 6.31. The lowest BCUT2D eigenvalue weighted by Gasteiger charge is -2.13. The van der Waals surface area contributed by atoms with Gasteiger partial charge in [0, 0.05) is 0 Å². The van der Waals surface area contributed by atoms with Gasteiger partial charge in [0.15, 0.2) is 5.75 Å². The molecule has 1 rings (SSSR count). The average molecular weight is 290 g/mol. The molecular weight excluding hydrogens is 286 g/mol. The SMILES string of the molecule is Nc1ccc(Cl)c(Br)c1OC(F)(F)F. The highest BCUT2D eigenvalue weighted by atomic mass is 79.9. The molecule has 0 radical (unpaired) electrons. The summed E-state index contributed by atoms with van der Waals surface area (Å²) >= 11 is 8.41. The van der Waals surface area contributed by atoms with Crippen LogP contribution in [0.1, 0.15) is 0 Å². The molecule has 0 unspecified atom stereocenters. The Hall–Kier alpha value is -0.620. The van der Waals surface area contributed by atoms with Gasteiger partial charge in [-0.2, -0.15) is 0 Å². The summed E-state index contributed by atoms with van der Waals surface area (Å²) in [4.78, 5) is 0. The molecule has 0 saturated carbocycles. The minimum Gasteiger partial charge on any atom is -0.402 e. The second-order valence-electron chi connectivity index (χ2n) is 2.33. The van der Waals surface area contributed by atoms with Crippen molar-refractivity contribution in [1.29, 1.82) is 0 Å². The lowest BCUT2D eigenvalue weighted by Crippen LogP contribution is -2.18. The van der Waals surface area contributed by atoms with Crippen molar-refractivity contribution >= 4 is 33.2 Å². The molecule has 1 aromatic carbocycles. The molecule has 7 heteroatoms. The summed E-state index contributed by atoms with van der Waals surface area (Å²) in [6.45, 7) is 0. The van der Waals surface area contributed by atoms with Crippen LogP contribution in [-0.2, 0) is 0 Å². The zero-order valence-corrected chi connectivity index (χ0v) is 8.87. The molecule has 0 heterocycles. The summed E-state index contributed by atoms with van der Waals surface area (Å²) in [5.41, 5.74) is 5.14. The second kappa shape index (κ2) is 3.86. The summed E-state index contributed by atoms with van der Waals surface area (Å²) in [7, 11) is 0. The molecule has 78 valence electrons. The zero-order valence-electron chi connectivity index (χ0n) is 6.53. The molecule has 0 atom stereocenters. The third kappa shape index (κ3) is 2.68. The van der Waals surface area contributed by atoms with Gasteiger partial charge in [0.1, 0.15) is 0 Å². The van der Waals surface area contributed by atoms with Gasteiger partial charge < -0.3 is 10.5 Å². The molecule has 0 aliphatic heterocycles. The van der Waals surface area contributed by atoms with E-state index >= 15 is 0 Å². The standard InChI is InChI=1S/C7H4BrClF3NO/c8-5-3(9)1-2-4(13)6(5)14-7(10,11)12/h1-2H,13H2. The average Bonchev–Trinajstić information content (AvgIpc) is 2.04. The first-order valence-electron chi connectivity index (χ1n) is 3.30. The Kier molecular flexibility index (Phi) is 3.16. The van der Waals surface area contributed by atoms with Gasteiger partial charge in [0.2, 0.25) is 0 Å². The summed E-state index contributed by atoms with van der Waals surface area (Å²) in [5.74, 6) is -0.523. The number of nitrogens with two attached hydrogens (primary N) is 1. The van der Waals surface area contributed by atoms with Crippen molar-refractivity contribution in [2.45, 2.75) is 6.36 Å². The van der Waals surface area contributed by atoms with E-state index in [0.29, 0.717) is 0 Å². The number of hydrogen-bond acceptors (Lipinski definition) is 2. The van der Waals surface area contributed by atoms with Gasteiger partial charge in [-0.1, -0.05) is 11.6 Å². The third-order valence-corrected chi connectivity index (χ3v) is 2.63. The summed E-state index contributed by atoms with van der Waals surface area (Å²) < 4.78 is 39.3. The number of benzene rings is 1. The highest BCUT2D eigenvalue weighted by molar-refractivity contribution is 9.10. The molecule has 1 aromatic rings. The highest BCUT2D eigenvalue weighted by Gasteiger charge is 2.33. The predicted octanol–water partition coefficient (Wildman–Crippen LogP) is 3.58. The van der Waals surface area contributed by atoms with E-state index in [4.69, 9.17) is 17.3 Å². The van der Waals surface area contributed by atoms with Crippen molar-refractivity contribution in [3.8, 4) is 5.75 Å². The molecular formula is C7H4BrClF3NO. The Bertz CT molecular complexity index is 356. The fourth-order valence-corrected chi connectivity index (χ4v) is 1.36. The van der Waals surface area contributed by atoms with Crippen molar-refractivity contribution in [3.05, 3.63) is 21.6 Å². The van der Waals surface area contributed by atoms with E-state index < -0.39 is 12.1 Å². The number of halogens is 5. The maximum Gasteiger partial charge on any atom is 0.573 e. The van der Waals surface area contributed by atoms with Gasteiger partial charge in [-0.25, -0.2) is 0 Å². The van der Waals surface area contributed by atoms with Crippen molar-refractivity contribution in [2.75, 3.05) is 5.73 Å². The highest BCUT2D eigenvalue weighted by Crippen LogP contribution is 2.39. The monoisotopic (exact) mass is 289 g/mol. The van der Waals surface area contributed by atoms with E-state index in [9.17, 15) is 13.2 Å². The minimum atomic E-state index is -4.79. The van der Waals surface area contributed by atoms with Crippen LogP contribution in [0.4, 0.5) is 18.9 Å². The Morgan fingerprint density at radius 2 is 1.93 bits per heavy atom. The Morgan fingerprint density at radius 1 is 1.36 bits per heavy atom. The normalized spacial score (nSPS) is 11.5. The lowest BCUT2D eigenvalue weighted by molar-refractivity contribution is -0.274. The molecule has 0 aliphatic carbocycles. The topological polar surface area (TPSA) is 35.2 Å². The smallest absolute Gasteiger partial charge is 0.402 e. The largest absolute Gasteiger partial charge is 0.573 e. The third-order valence-electron chi connectivity index (χ3n) is 1.30. The van der Waals surface area contributed by atoms with Crippen LogP contribution < -0.4 is 10.5 Å². The van der Waals surface area contributed by atoms with Gasteiger partial charge in [-0.15, -0.1) is 13.2 Å². The number of anilines is 1. The van der Waals surface area contributed by atoms with E-state index in [1.54, 1.807) is 0 Å². The van der Waals surface area contributed by atoms with Crippen molar-refractivity contribution < 1.29 is 17.9 Å². The van der Waals surface area contributed by atoms with E-state index in [1.807, 2.05) is 0 Å². The molecule has 0 aromatic heterocycles. The van der Waals surface area contributed by atoms with E-state index in [1.165, 1.54) is 12.1 Å². The summed E-state index contributed by atoms with van der Waals surface area (Å²) in [5, 5.41) is 0.0958. The zero-order chi connectivity index (χ0) is 10.9. The maximum atomic E-state index is 11.9. The number of nitrogen functional groups attached to an aromatic ring is 1. The first kappa shape index (κ1) is 11.5. The van der Waals surface area contributed by atoms with E-state index in [2.05, 4.69) is 20.7 Å².